The van der Waals surface area contributed by atoms with Crippen LogP contribution in [0.2, 0.25) is 0 Å². The number of carbonyl (C=O) groups is 1. The van der Waals surface area contributed by atoms with E-state index >= 15 is 0 Å². The topological polar surface area (TPSA) is 70.8 Å². The van der Waals surface area contributed by atoms with Gasteiger partial charge >= 0.3 is 0 Å². The first kappa shape index (κ1) is 22.0. The van der Waals surface area contributed by atoms with E-state index in [0.29, 0.717) is 12.3 Å². The third-order valence-corrected chi connectivity index (χ3v) is 6.05. The second kappa shape index (κ2) is 10.4. The van der Waals surface area contributed by atoms with Gasteiger partial charge in [0, 0.05) is 49.9 Å². The zero-order chi connectivity index (χ0) is 22.3. The quantitative estimate of drug-likeness (QED) is 0.586. The van der Waals surface area contributed by atoms with Gasteiger partial charge in [0.2, 0.25) is 0 Å². The maximum atomic E-state index is 12.9. The summed E-state index contributed by atoms with van der Waals surface area (Å²) in [6.07, 6.45) is 0. The molecule has 1 aliphatic heterocycles. The van der Waals surface area contributed by atoms with E-state index in [4.69, 9.17) is 9.26 Å². The van der Waals surface area contributed by atoms with Crippen LogP contribution in [0.4, 0.5) is 0 Å². The number of hydrogen-bond acceptors (Lipinski definition) is 6. The fourth-order valence-electron chi connectivity index (χ4n) is 4.17. The first-order valence-corrected chi connectivity index (χ1v) is 11.1. The highest BCUT2D eigenvalue weighted by molar-refractivity contribution is 5.93. The Hall–Kier alpha value is -3.16. The summed E-state index contributed by atoms with van der Waals surface area (Å²) in [6.45, 7) is 7.61. The van der Waals surface area contributed by atoms with E-state index in [1.165, 1.54) is 0 Å². The van der Waals surface area contributed by atoms with Crippen molar-refractivity contribution in [1.82, 2.24) is 20.3 Å². The van der Waals surface area contributed by atoms with Gasteiger partial charge in [-0.25, -0.2) is 0 Å². The molecule has 1 amide bonds. The molecule has 1 unspecified atom stereocenters. The lowest BCUT2D eigenvalue weighted by atomic mass is 10.0. The largest absolute Gasteiger partial charge is 0.496 e. The molecular weight excluding hydrogens is 404 g/mol. The van der Waals surface area contributed by atoms with Crippen LogP contribution in [0, 0.1) is 0 Å². The van der Waals surface area contributed by atoms with Crippen LogP contribution < -0.4 is 10.1 Å². The molecule has 0 bridgehead atoms. The van der Waals surface area contributed by atoms with E-state index in [-0.39, 0.29) is 17.6 Å². The molecule has 2 heterocycles. The van der Waals surface area contributed by atoms with Gasteiger partial charge in [-0.05, 0) is 12.6 Å². The predicted molar refractivity (Wildman–Crippen MR) is 124 cm³/mol. The molecule has 1 aromatic heterocycles. The van der Waals surface area contributed by atoms with Gasteiger partial charge in [0.15, 0.2) is 11.5 Å². The minimum Gasteiger partial charge on any atom is -0.496 e. The average Bonchev–Trinajstić information content (AvgIpc) is 3.36. The number of likely N-dealkylation sites (N-methyl/N-ethyl adjacent to an activating group) is 1. The molecule has 1 atom stereocenters. The second-order valence-corrected chi connectivity index (χ2v) is 7.88. The van der Waals surface area contributed by atoms with E-state index in [0.717, 1.165) is 49.6 Å². The minimum absolute atomic E-state index is 0.00889. The highest BCUT2D eigenvalue weighted by Crippen LogP contribution is 2.30. The predicted octanol–water partition coefficient (Wildman–Crippen LogP) is 3.46. The lowest BCUT2D eigenvalue weighted by Gasteiger charge is -2.39. The second-order valence-electron chi connectivity index (χ2n) is 7.88. The van der Waals surface area contributed by atoms with E-state index in [1.54, 1.807) is 13.2 Å². The van der Waals surface area contributed by atoms with Gasteiger partial charge < -0.3 is 19.5 Å². The number of nitrogens with one attached hydrogen (secondary N) is 1. The molecule has 0 saturated carbocycles. The Balaban J connectivity index is 1.49. The zero-order valence-electron chi connectivity index (χ0n) is 18.7. The van der Waals surface area contributed by atoms with Crippen LogP contribution in [0.15, 0.2) is 65.2 Å². The van der Waals surface area contributed by atoms with Crippen molar-refractivity contribution in [2.45, 2.75) is 13.0 Å². The maximum absolute atomic E-state index is 12.9. The van der Waals surface area contributed by atoms with E-state index in [1.807, 2.05) is 48.5 Å². The molecule has 1 aliphatic rings. The van der Waals surface area contributed by atoms with Crippen molar-refractivity contribution in [3.8, 4) is 17.1 Å². The van der Waals surface area contributed by atoms with Crippen molar-refractivity contribution in [3.63, 3.8) is 0 Å². The van der Waals surface area contributed by atoms with E-state index in [9.17, 15) is 4.79 Å². The molecule has 1 saturated heterocycles. The third-order valence-electron chi connectivity index (χ3n) is 6.05. The van der Waals surface area contributed by atoms with Gasteiger partial charge in [-0.1, -0.05) is 60.6 Å². The van der Waals surface area contributed by atoms with Gasteiger partial charge in [0.05, 0.1) is 13.2 Å². The summed E-state index contributed by atoms with van der Waals surface area (Å²) in [7, 11) is 1.68. The third kappa shape index (κ3) is 5.00. The molecule has 32 heavy (non-hydrogen) atoms. The standard InChI is InChI=1S/C25H30N4O3/c1-3-28-13-15-29(16-14-28)22(20-11-7-8-12-23(20)31-2)18-26-25(30)21-17-24(32-27-21)19-9-5-4-6-10-19/h4-12,17,22H,3,13-16,18H2,1-2H3,(H,26,30). The van der Waals surface area contributed by atoms with E-state index < -0.39 is 0 Å². The fraction of sp³-hybridized carbons (Fsp3) is 0.360. The molecule has 0 radical (unpaired) electrons. The van der Waals surface area contributed by atoms with Crippen LogP contribution in [0.3, 0.4) is 0 Å². The number of methoxy groups -OCH3 is 1. The molecule has 2 aromatic carbocycles. The van der Waals surface area contributed by atoms with Crippen molar-refractivity contribution in [1.29, 1.82) is 0 Å². The van der Waals surface area contributed by atoms with Gasteiger partial charge in [-0.2, -0.15) is 0 Å². The molecule has 0 aliphatic carbocycles. The highest BCUT2D eigenvalue weighted by atomic mass is 16.5. The summed E-state index contributed by atoms with van der Waals surface area (Å²) in [5, 5.41) is 7.04. The first-order valence-electron chi connectivity index (χ1n) is 11.1. The molecule has 0 spiro atoms. The van der Waals surface area contributed by atoms with Crippen molar-refractivity contribution >= 4 is 5.91 Å². The molecule has 1 fully saturated rings. The molecule has 4 rings (SSSR count). The number of ether oxygens (including phenoxy) is 1. The van der Waals surface area contributed by atoms with Crippen LogP contribution in [0.25, 0.3) is 11.3 Å². The van der Waals surface area contributed by atoms with Gasteiger partial charge in [0.25, 0.3) is 5.91 Å². The fourth-order valence-corrected chi connectivity index (χ4v) is 4.17. The zero-order valence-corrected chi connectivity index (χ0v) is 18.7. The molecule has 7 heteroatoms. The molecule has 1 N–H and O–H groups in total. The number of nitrogens with zero attached hydrogens (tertiary/aromatic N) is 3. The smallest absolute Gasteiger partial charge is 0.273 e. The molecular formula is C25H30N4O3. The Kier molecular flexibility index (Phi) is 7.19. The van der Waals surface area contributed by atoms with Crippen molar-refractivity contribution in [3.05, 3.63) is 71.9 Å². The Morgan fingerprint density at radius 1 is 1.09 bits per heavy atom. The lowest BCUT2D eigenvalue weighted by molar-refractivity contribution is 0.0844. The number of rotatable bonds is 8. The molecule has 168 valence electrons. The molecule has 7 nitrogen and oxygen atoms in total. The normalized spacial score (nSPS) is 15.9. The SMILES string of the molecule is CCN1CCN(C(CNC(=O)c2cc(-c3ccccc3)on2)c2ccccc2OC)CC1. The lowest BCUT2D eigenvalue weighted by Crippen LogP contribution is -2.49. The Labute approximate surface area is 188 Å². The number of aromatic nitrogens is 1. The number of benzene rings is 2. The Morgan fingerprint density at radius 3 is 2.53 bits per heavy atom. The van der Waals surface area contributed by atoms with Crippen molar-refractivity contribution in [2.75, 3.05) is 46.4 Å². The van der Waals surface area contributed by atoms with Crippen LogP contribution in [0.1, 0.15) is 29.0 Å². The van der Waals surface area contributed by atoms with Crippen molar-refractivity contribution < 1.29 is 14.1 Å². The summed E-state index contributed by atoms with van der Waals surface area (Å²) in [4.78, 5) is 17.7. The first-order chi connectivity index (χ1) is 15.7. The Morgan fingerprint density at radius 2 is 1.81 bits per heavy atom. The molecule has 3 aromatic rings. The van der Waals surface area contributed by atoms with Crippen LogP contribution in [0.5, 0.6) is 5.75 Å². The minimum atomic E-state index is -0.247. The van der Waals surface area contributed by atoms with Crippen LogP contribution in [-0.4, -0.2) is 67.2 Å². The Bertz CT molecular complexity index is 1010. The van der Waals surface area contributed by atoms with Gasteiger partial charge in [-0.3, -0.25) is 9.69 Å². The summed E-state index contributed by atoms with van der Waals surface area (Å²) >= 11 is 0. The maximum Gasteiger partial charge on any atom is 0.273 e. The van der Waals surface area contributed by atoms with Gasteiger partial charge in [0.1, 0.15) is 5.75 Å². The average molecular weight is 435 g/mol. The van der Waals surface area contributed by atoms with E-state index in [2.05, 4.69) is 33.3 Å². The van der Waals surface area contributed by atoms with Crippen molar-refractivity contribution in [2.24, 2.45) is 0 Å². The number of amides is 1. The monoisotopic (exact) mass is 434 g/mol. The van der Waals surface area contributed by atoms with Crippen LogP contribution >= 0.6 is 0 Å². The number of piperazine rings is 1. The number of carbonyl (C=O) groups excluding carboxylic acids is 1. The summed E-state index contributed by atoms with van der Waals surface area (Å²) in [5.74, 6) is 1.16. The van der Waals surface area contributed by atoms with Crippen LogP contribution in [-0.2, 0) is 0 Å². The summed E-state index contributed by atoms with van der Waals surface area (Å²) in [6, 6.07) is 19.4. The number of para-hydroxylation sites is 1. The summed E-state index contributed by atoms with van der Waals surface area (Å²) in [5.41, 5.74) is 2.24. The highest BCUT2D eigenvalue weighted by Gasteiger charge is 2.27. The summed E-state index contributed by atoms with van der Waals surface area (Å²) < 4.78 is 11.0. The van der Waals surface area contributed by atoms with Gasteiger partial charge in [-0.15, -0.1) is 0 Å². The number of hydrogen-bond donors (Lipinski definition) is 1.